The summed E-state index contributed by atoms with van der Waals surface area (Å²) in [5.74, 6) is 0.161. The summed E-state index contributed by atoms with van der Waals surface area (Å²) in [6.45, 7) is 9.47. The van der Waals surface area contributed by atoms with Crippen LogP contribution >= 0.6 is 0 Å². The average Bonchev–Trinajstić information content (AvgIpc) is 2.62. The number of aliphatic hydroxyl groups excluding tert-OH is 1. The average molecular weight is 357 g/mol. The number of aliphatic hydroxyl groups is 1. The summed E-state index contributed by atoms with van der Waals surface area (Å²) >= 11 is 0. The van der Waals surface area contributed by atoms with Crippen LogP contribution in [0.2, 0.25) is 0 Å². The number of hydrogen-bond acceptors (Lipinski definition) is 4. The third-order valence-electron chi connectivity index (χ3n) is 5.10. The summed E-state index contributed by atoms with van der Waals surface area (Å²) < 4.78 is 0. The zero-order valence-corrected chi connectivity index (χ0v) is 16.3. The molecule has 26 heavy (non-hydrogen) atoms. The number of aromatic hydroxyl groups is 1. The standard InChI is InChI=1S/C22H32N2O2/c1-16(2)24(17(3)4)13-12-22(23,19-8-6-5-7-9-19)20-14-18(15-25)10-11-21(20)26/h5-11,14,16-17,25-26H,12-13,15,23H2,1-4H3/t22-/m0/s1. The number of phenolic OH excluding ortho intramolecular Hbond substituents is 1. The highest BCUT2D eigenvalue weighted by Gasteiger charge is 2.33. The van der Waals surface area contributed by atoms with Gasteiger partial charge in [0.05, 0.1) is 12.1 Å². The van der Waals surface area contributed by atoms with E-state index in [9.17, 15) is 10.2 Å². The fraction of sp³-hybridized carbons (Fsp3) is 0.455. The second kappa shape index (κ2) is 8.67. The van der Waals surface area contributed by atoms with E-state index in [1.54, 1.807) is 12.1 Å². The first-order valence-electron chi connectivity index (χ1n) is 9.33. The van der Waals surface area contributed by atoms with Crippen LogP contribution in [0.5, 0.6) is 5.75 Å². The fourth-order valence-corrected chi connectivity index (χ4v) is 3.63. The molecule has 0 bridgehead atoms. The van der Waals surface area contributed by atoms with Crippen molar-refractivity contribution in [1.82, 2.24) is 4.90 Å². The number of benzene rings is 2. The lowest BCUT2D eigenvalue weighted by Crippen LogP contribution is -2.45. The van der Waals surface area contributed by atoms with Gasteiger partial charge in [0, 0.05) is 24.2 Å². The second-order valence-corrected chi connectivity index (χ2v) is 7.52. The molecule has 2 aromatic carbocycles. The fourth-order valence-electron chi connectivity index (χ4n) is 3.63. The van der Waals surface area contributed by atoms with Crippen LogP contribution in [0.4, 0.5) is 0 Å². The van der Waals surface area contributed by atoms with E-state index in [-0.39, 0.29) is 12.4 Å². The topological polar surface area (TPSA) is 69.7 Å². The smallest absolute Gasteiger partial charge is 0.121 e. The van der Waals surface area contributed by atoms with Crippen LogP contribution in [0.1, 0.15) is 50.8 Å². The molecule has 0 amide bonds. The molecule has 4 N–H and O–H groups in total. The zero-order chi connectivity index (χ0) is 19.3. The summed E-state index contributed by atoms with van der Waals surface area (Å²) in [7, 11) is 0. The van der Waals surface area contributed by atoms with Crippen molar-refractivity contribution in [3.05, 3.63) is 65.2 Å². The number of rotatable bonds is 8. The van der Waals surface area contributed by atoms with Gasteiger partial charge in [-0.2, -0.15) is 0 Å². The molecule has 0 aromatic heterocycles. The van der Waals surface area contributed by atoms with Crippen molar-refractivity contribution in [3.63, 3.8) is 0 Å². The lowest BCUT2D eigenvalue weighted by atomic mass is 9.79. The molecule has 142 valence electrons. The molecule has 2 aromatic rings. The van der Waals surface area contributed by atoms with Gasteiger partial charge in [0.15, 0.2) is 0 Å². The monoisotopic (exact) mass is 356 g/mol. The van der Waals surface area contributed by atoms with E-state index in [1.807, 2.05) is 36.4 Å². The highest BCUT2D eigenvalue weighted by molar-refractivity contribution is 5.47. The first kappa shape index (κ1) is 20.4. The minimum Gasteiger partial charge on any atom is -0.508 e. The predicted molar refractivity (Wildman–Crippen MR) is 107 cm³/mol. The molecule has 2 rings (SSSR count). The van der Waals surface area contributed by atoms with Gasteiger partial charge in [-0.25, -0.2) is 0 Å². The number of hydrogen-bond donors (Lipinski definition) is 3. The Morgan fingerprint density at radius 2 is 1.62 bits per heavy atom. The summed E-state index contributed by atoms with van der Waals surface area (Å²) in [5, 5.41) is 20.1. The maximum atomic E-state index is 10.5. The largest absolute Gasteiger partial charge is 0.508 e. The van der Waals surface area contributed by atoms with E-state index in [1.165, 1.54) is 0 Å². The summed E-state index contributed by atoms with van der Waals surface area (Å²) in [6, 6.07) is 15.9. The first-order valence-corrected chi connectivity index (χ1v) is 9.33. The highest BCUT2D eigenvalue weighted by atomic mass is 16.3. The Bertz CT molecular complexity index is 693. The minimum absolute atomic E-state index is 0.0811. The van der Waals surface area contributed by atoms with Crippen molar-refractivity contribution in [2.45, 2.75) is 58.3 Å². The van der Waals surface area contributed by atoms with Crippen molar-refractivity contribution < 1.29 is 10.2 Å². The van der Waals surface area contributed by atoms with Gasteiger partial charge in [-0.1, -0.05) is 36.4 Å². The molecule has 0 saturated heterocycles. The van der Waals surface area contributed by atoms with Crippen molar-refractivity contribution in [2.24, 2.45) is 5.73 Å². The van der Waals surface area contributed by atoms with Crippen LogP contribution in [-0.2, 0) is 12.1 Å². The molecule has 0 heterocycles. The molecular weight excluding hydrogens is 324 g/mol. The molecule has 0 spiro atoms. The first-order chi connectivity index (χ1) is 12.3. The lowest BCUT2D eigenvalue weighted by Gasteiger charge is -2.37. The van der Waals surface area contributed by atoms with E-state index in [0.29, 0.717) is 24.1 Å². The lowest BCUT2D eigenvalue weighted by molar-refractivity contribution is 0.161. The molecule has 0 saturated carbocycles. The van der Waals surface area contributed by atoms with Crippen LogP contribution < -0.4 is 5.73 Å². The predicted octanol–water partition coefficient (Wildman–Crippen LogP) is 3.60. The Hall–Kier alpha value is -1.88. The third kappa shape index (κ3) is 4.44. The van der Waals surface area contributed by atoms with E-state index in [4.69, 9.17) is 5.73 Å². The van der Waals surface area contributed by atoms with Crippen molar-refractivity contribution >= 4 is 0 Å². The normalized spacial score (nSPS) is 14.2. The van der Waals surface area contributed by atoms with Crippen LogP contribution in [0, 0.1) is 0 Å². The van der Waals surface area contributed by atoms with Gasteiger partial charge >= 0.3 is 0 Å². The Morgan fingerprint density at radius 1 is 1.00 bits per heavy atom. The van der Waals surface area contributed by atoms with Crippen molar-refractivity contribution in [3.8, 4) is 5.75 Å². The van der Waals surface area contributed by atoms with Gasteiger partial charge in [-0.15, -0.1) is 0 Å². The SMILES string of the molecule is CC(C)N(CC[C@](N)(c1ccccc1)c1cc(CO)ccc1O)C(C)C. The zero-order valence-electron chi connectivity index (χ0n) is 16.3. The molecule has 1 atom stereocenters. The van der Waals surface area contributed by atoms with Crippen LogP contribution in [-0.4, -0.2) is 33.7 Å². The van der Waals surface area contributed by atoms with Gasteiger partial charge in [-0.05, 0) is 57.4 Å². The Balaban J connectivity index is 2.47. The Morgan fingerprint density at radius 3 is 2.15 bits per heavy atom. The third-order valence-corrected chi connectivity index (χ3v) is 5.10. The summed E-state index contributed by atoms with van der Waals surface area (Å²) in [6.07, 6.45) is 0.663. The molecule has 0 unspecified atom stereocenters. The molecule has 4 nitrogen and oxygen atoms in total. The maximum Gasteiger partial charge on any atom is 0.121 e. The van der Waals surface area contributed by atoms with Gasteiger partial charge in [0.25, 0.3) is 0 Å². The Labute approximate surface area is 157 Å². The van der Waals surface area contributed by atoms with Crippen LogP contribution in [0.25, 0.3) is 0 Å². The van der Waals surface area contributed by atoms with Gasteiger partial charge in [0.1, 0.15) is 5.75 Å². The van der Waals surface area contributed by atoms with Crippen LogP contribution in [0.15, 0.2) is 48.5 Å². The molecular formula is C22H32N2O2. The number of nitrogens with two attached hydrogens (primary N) is 1. The molecule has 4 heteroatoms. The minimum atomic E-state index is -0.835. The second-order valence-electron chi connectivity index (χ2n) is 7.52. The van der Waals surface area contributed by atoms with Crippen molar-refractivity contribution in [1.29, 1.82) is 0 Å². The Kier molecular flexibility index (Phi) is 6.81. The summed E-state index contributed by atoms with van der Waals surface area (Å²) in [4.78, 5) is 2.40. The van der Waals surface area contributed by atoms with Crippen molar-refractivity contribution in [2.75, 3.05) is 6.54 Å². The van der Waals surface area contributed by atoms with E-state index >= 15 is 0 Å². The molecule has 0 fully saturated rings. The van der Waals surface area contributed by atoms with E-state index < -0.39 is 5.54 Å². The molecule has 0 aliphatic rings. The molecule has 0 aliphatic carbocycles. The highest BCUT2D eigenvalue weighted by Crippen LogP contribution is 2.37. The number of nitrogens with zero attached hydrogens (tertiary/aromatic N) is 1. The quantitative estimate of drug-likeness (QED) is 0.676. The van der Waals surface area contributed by atoms with Crippen LogP contribution in [0.3, 0.4) is 0 Å². The van der Waals surface area contributed by atoms with E-state index in [0.717, 1.165) is 17.7 Å². The number of phenols is 1. The summed E-state index contributed by atoms with van der Waals surface area (Å²) in [5.41, 5.74) is 8.47. The van der Waals surface area contributed by atoms with E-state index in [2.05, 4.69) is 32.6 Å². The molecule has 0 aliphatic heterocycles. The van der Waals surface area contributed by atoms with Gasteiger partial charge in [0.2, 0.25) is 0 Å². The van der Waals surface area contributed by atoms with Gasteiger partial charge in [-0.3, -0.25) is 4.90 Å². The maximum absolute atomic E-state index is 10.5. The van der Waals surface area contributed by atoms with Gasteiger partial charge < -0.3 is 15.9 Å². The molecule has 0 radical (unpaired) electrons.